The second kappa shape index (κ2) is 9.17. The second-order valence-electron chi connectivity index (χ2n) is 7.49. The summed E-state index contributed by atoms with van der Waals surface area (Å²) in [6.07, 6.45) is 4.63. The summed E-state index contributed by atoms with van der Waals surface area (Å²) in [4.78, 5) is 0.433. The molecule has 30 heavy (non-hydrogen) atoms. The molecule has 2 heterocycles. The van der Waals surface area contributed by atoms with Crippen LogP contribution < -0.4 is 0 Å². The van der Waals surface area contributed by atoms with Crippen molar-refractivity contribution < 1.29 is 16.8 Å². The van der Waals surface area contributed by atoms with E-state index < -0.39 is 20.0 Å². The Kier molecular flexibility index (Phi) is 7.01. The number of unbranched alkanes of at least 4 members (excludes halogenated alkanes) is 1. The van der Waals surface area contributed by atoms with Crippen molar-refractivity contribution in [1.82, 2.24) is 18.4 Å². The molecule has 1 aliphatic heterocycles. The van der Waals surface area contributed by atoms with Crippen LogP contribution in [-0.2, 0) is 33.0 Å². The minimum atomic E-state index is -3.70. The summed E-state index contributed by atoms with van der Waals surface area (Å²) in [5.41, 5.74) is 1.57. The molecule has 0 saturated carbocycles. The van der Waals surface area contributed by atoms with Crippen LogP contribution in [0.2, 0.25) is 0 Å². The third-order valence-electron chi connectivity index (χ3n) is 5.42. The quantitative estimate of drug-likeness (QED) is 0.610. The minimum Gasteiger partial charge on any atom is -0.271 e. The monoisotopic (exact) mass is 454 g/mol. The van der Waals surface area contributed by atoms with Gasteiger partial charge >= 0.3 is 0 Å². The van der Waals surface area contributed by atoms with Crippen LogP contribution in [0.15, 0.2) is 40.3 Å². The smallest absolute Gasteiger partial charge is 0.246 e. The molecule has 0 bridgehead atoms. The van der Waals surface area contributed by atoms with Gasteiger partial charge in [0.25, 0.3) is 0 Å². The van der Waals surface area contributed by atoms with Crippen molar-refractivity contribution in [1.29, 1.82) is 0 Å². The molecular formula is C20H30N4O4S2. The molecule has 0 unspecified atom stereocenters. The highest BCUT2D eigenvalue weighted by Gasteiger charge is 2.35. The van der Waals surface area contributed by atoms with E-state index >= 15 is 0 Å². The SMILES string of the molecule is CCCCc1ccc(S(=O)(=O)N2CCN(S(=O)(=O)c3cn(CC)nc3C)CC2)cc1. The average Bonchev–Trinajstić information content (AvgIpc) is 3.14. The standard InChI is InChI=1S/C20H30N4O4S2/c1-4-6-7-18-8-10-19(11-9-18)29(25,26)23-12-14-24(15-13-23)30(27,28)20-16-22(5-2)21-17(20)3/h8-11,16H,4-7,12-15H2,1-3H3. The molecule has 0 atom stereocenters. The lowest BCUT2D eigenvalue weighted by atomic mass is 10.1. The molecule has 0 aliphatic carbocycles. The molecule has 1 saturated heterocycles. The fraction of sp³-hybridized carbons (Fsp3) is 0.550. The molecule has 166 valence electrons. The molecule has 3 rings (SSSR count). The Bertz CT molecular complexity index is 1070. The van der Waals surface area contributed by atoms with Gasteiger partial charge in [-0.05, 0) is 44.4 Å². The summed E-state index contributed by atoms with van der Waals surface area (Å²) >= 11 is 0. The summed E-state index contributed by atoms with van der Waals surface area (Å²) in [6.45, 7) is 6.75. The molecule has 1 aromatic carbocycles. The maximum atomic E-state index is 13.0. The summed E-state index contributed by atoms with van der Waals surface area (Å²) < 4.78 is 56.2. The van der Waals surface area contributed by atoms with E-state index in [0.717, 1.165) is 24.8 Å². The maximum Gasteiger partial charge on any atom is 0.246 e. The molecule has 1 fully saturated rings. The fourth-order valence-corrected chi connectivity index (χ4v) is 6.58. The lowest BCUT2D eigenvalue weighted by molar-refractivity contribution is 0.272. The van der Waals surface area contributed by atoms with E-state index in [0.29, 0.717) is 12.2 Å². The Morgan fingerprint density at radius 3 is 1.97 bits per heavy atom. The van der Waals surface area contributed by atoms with Crippen LogP contribution in [0, 0.1) is 6.92 Å². The fourth-order valence-electron chi connectivity index (χ4n) is 3.56. The van der Waals surface area contributed by atoms with E-state index in [1.807, 2.05) is 19.1 Å². The highest BCUT2D eigenvalue weighted by Crippen LogP contribution is 2.23. The van der Waals surface area contributed by atoms with Crippen molar-refractivity contribution in [2.75, 3.05) is 26.2 Å². The van der Waals surface area contributed by atoms with Gasteiger partial charge in [0, 0.05) is 38.9 Å². The maximum absolute atomic E-state index is 13.0. The third-order valence-corrected chi connectivity index (χ3v) is 9.34. The van der Waals surface area contributed by atoms with Gasteiger partial charge < -0.3 is 0 Å². The van der Waals surface area contributed by atoms with Gasteiger partial charge in [-0.3, -0.25) is 4.68 Å². The van der Waals surface area contributed by atoms with Crippen LogP contribution in [0.5, 0.6) is 0 Å². The number of hydrogen-bond donors (Lipinski definition) is 0. The van der Waals surface area contributed by atoms with Crippen LogP contribution in [0.3, 0.4) is 0 Å². The number of aryl methyl sites for hydroxylation is 3. The molecule has 1 aromatic heterocycles. The van der Waals surface area contributed by atoms with Gasteiger partial charge in [-0.15, -0.1) is 0 Å². The van der Waals surface area contributed by atoms with Gasteiger partial charge in [-0.2, -0.15) is 13.7 Å². The summed E-state index contributed by atoms with van der Waals surface area (Å²) in [5.74, 6) is 0. The highest BCUT2D eigenvalue weighted by atomic mass is 32.2. The molecule has 0 spiro atoms. The van der Waals surface area contributed by atoms with Gasteiger partial charge in [-0.1, -0.05) is 25.5 Å². The zero-order chi connectivity index (χ0) is 21.9. The first-order chi connectivity index (χ1) is 14.2. The van der Waals surface area contributed by atoms with Crippen LogP contribution in [0.25, 0.3) is 0 Å². The third kappa shape index (κ3) is 4.61. The molecule has 0 radical (unpaired) electrons. The molecular weight excluding hydrogens is 424 g/mol. The topological polar surface area (TPSA) is 92.6 Å². The number of hydrogen-bond acceptors (Lipinski definition) is 5. The van der Waals surface area contributed by atoms with E-state index in [-0.39, 0.29) is 36.0 Å². The number of nitrogens with zero attached hydrogens (tertiary/aromatic N) is 4. The Morgan fingerprint density at radius 1 is 0.900 bits per heavy atom. The first kappa shape index (κ1) is 22.9. The molecule has 0 N–H and O–H groups in total. The Hall–Kier alpha value is -1.75. The molecule has 8 nitrogen and oxygen atoms in total. The number of aromatic nitrogens is 2. The number of sulfonamides is 2. The van der Waals surface area contributed by atoms with Crippen LogP contribution in [0.4, 0.5) is 0 Å². The van der Waals surface area contributed by atoms with Crippen LogP contribution in [0.1, 0.15) is 37.9 Å². The van der Waals surface area contributed by atoms with Crippen LogP contribution in [-0.4, -0.2) is 61.4 Å². The van der Waals surface area contributed by atoms with E-state index in [2.05, 4.69) is 12.0 Å². The van der Waals surface area contributed by atoms with Gasteiger partial charge in [0.05, 0.1) is 10.6 Å². The molecule has 10 heteroatoms. The van der Waals surface area contributed by atoms with E-state index in [1.165, 1.54) is 14.8 Å². The largest absolute Gasteiger partial charge is 0.271 e. The van der Waals surface area contributed by atoms with Gasteiger partial charge in [0.2, 0.25) is 20.0 Å². The summed E-state index contributed by atoms with van der Waals surface area (Å²) in [6, 6.07) is 7.01. The molecule has 2 aromatic rings. The Balaban J connectivity index is 1.70. The van der Waals surface area contributed by atoms with Crippen LogP contribution >= 0.6 is 0 Å². The summed E-state index contributed by atoms with van der Waals surface area (Å²) in [5, 5.41) is 4.21. The van der Waals surface area contributed by atoms with Crippen molar-refractivity contribution in [2.24, 2.45) is 0 Å². The minimum absolute atomic E-state index is 0.118. The zero-order valence-electron chi connectivity index (χ0n) is 17.8. The average molecular weight is 455 g/mol. The zero-order valence-corrected chi connectivity index (χ0v) is 19.4. The van der Waals surface area contributed by atoms with E-state index in [9.17, 15) is 16.8 Å². The number of benzene rings is 1. The predicted octanol–water partition coefficient (Wildman–Crippen LogP) is 2.25. The lowest BCUT2D eigenvalue weighted by Crippen LogP contribution is -2.50. The normalized spacial score (nSPS) is 16.8. The lowest BCUT2D eigenvalue weighted by Gasteiger charge is -2.33. The highest BCUT2D eigenvalue weighted by molar-refractivity contribution is 7.89. The van der Waals surface area contributed by atoms with Gasteiger partial charge in [0.1, 0.15) is 4.90 Å². The Morgan fingerprint density at radius 2 is 1.47 bits per heavy atom. The number of piperazine rings is 1. The number of rotatable bonds is 8. The van der Waals surface area contributed by atoms with Crippen molar-refractivity contribution >= 4 is 20.0 Å². The van der Waals surface area contributed by atoms with E-state index in [4.69, 9.17) is 0 Å². The van der Waals surface area contributed by atoms with Gasteiger partial charge in [-0.25, -0.2) is 16.8 Å². The van der Waals surface area contributed by atoms with Crippen molar-refractivity contribution in [3.05, 3.63) is 41.7 Å². The van der Waals surface area contributed by atoms with Crippen molar-refractivity contribution in [3.8, 4) is 0 Å². The first-order valence-electron chi connectivity index (χ1n) is 10.3. The second-order valence-corrected chi connectivity index (χ2v) is 11.3. The van der Waals surface area contributed by atoms with E-state index in [1.54, 1.807) is 23.7 Å². The molecule has 0 amide bonds. The van der Waals surface area contributed by atoms with Gasteiger partial charge in [0.15, 0.2) is 0 Å². The first-order valence-corrected chi connectivity index (χ1v) is 13.2. The summed E-state index contributed by atoms with van der Waals surface area (Å²) in [7, 11) is -7.35. The molecule has 1 aliphatic rings. The van der Waals surface area contributed by atoms with Crippen molar-refractivity contribution in [3.63, 3.8) is 0 Å². The predicted molar refractivity (Wildman–Crippen MR) is 115 cm³/mol. The Labute approximate surface area is 179 Å². The van der Waals surface area contributed by atoms with Crippen molar-refractivity contribution in [2.45, 2.75) is 56.4 Å².